The maximum absolute atomic E-state index is 2.53. The average Bonchev–Trinajstić information content (AvgIpc) is 2.47. The van der Waals surface area contributed by atoms with Gasteiger partial charge in [0.25, 0.3) is 0 Å². The van der Waals surface area contributed by atoms with Crippen molar-refractivity contribution in [1.82, 2.24) is 4.90 Å². The van der Waals surface area contributed by atoms with Crippen LogP contribution in [0.25, 0.3) is 0 Å². The smallest absolute Gasteiger partial charge is 0.00355 e. The van der Waals surface area contributed by atoms with Crippen molar-refractivity contribution in [2.45, 2.75) is 59.3 Å². The van der Waals surface area contributed by atoms with Gasteiger partial charge in [-0.1, -0.05) is 40.0 Å². The van der Waals surface area contributed by atoms with Crippen LogP contribution in [0.5, 0.6) is 0 Å². The van der Waals surface area contributed by atoms with Gasteiger partial charge in [0.15, 0.2) is 0 Å². The normalized spacial score (nSPS) is 37.2. The van der Waals surface area contributed by atoms with Gasteiger partial charge in [0.2, 0.25) is 0 Å². The second-order valence-electron chi connectivity index (χ2n) is 5.54. The van der Waals surface area contributed by atoms with Crippen molar-refractivity contribution < 1.29 is 0 Å². The van der Waals surface area contributed by atoms with Gasteiger partial charge >= 0.3 is 0 Å². The number of hydrogen-bond acceptors (Lipinski definition) is 1. The molecule has 90 valence electrons. The van der Waals surface area contributed by atoms with Crippen molar-refractivity contribution in [3.63, 3.8) is 0 Å². The molecule has 2 fully saturated rings. The van der Waals surface area contributed by atoms with E-state index in [4.69, 9.17) is 0 Å². The molecule has 1 spiro atoms. The van der Waals surface area contributed by atoms with Gasteiger partial charge in [-0.2, -0.15) is 0 Å². The standard InChI is InChI=1S/C12H23N.C2H6/c1-11-5-3-4-6-12(9-11)7-8-13(2)10-12;1-2/h11H,3-10H2,1-2H3;1-2H3. The van der Waals surface area contributed by atoms with Crippen LogP contribution in [0.2, 0.25) is 0 Å². The molecule has 1 saturated heterocycles. The molecule has 1 aliphatic carbocycles. The van der Waals surface area contributed by atoms with Gasteiger partial charge in [-0.15, -0.1) is 0 Å². The summed E-state index contributed by atoms with van der Waals surface area (Å²) in [5.41, 5.74) is 0.727. The highest BCUT2D eigenvalue weighted by atomic mass is 15.1. The summed E-state index contributed by atoms with van der Waals surface area (Å²) in [4.78, 5) is 2.53. The summed E-state index contributed by atoms with van der Waals surface area (Å²) in [6.07, 6.45) is 8.91. The van der Waals surface area contributed by atoms with Gasteiger partial charge in [-0.05, 0) is 44.2 Å². The van der Waals surface area contributed by atoms with E-state index in [0.29, 0.717) is 0 Å². The quantitative estimate of drug-likeness (QED) is 0.587. The van der Waals surface area contributed by atoms with Gasteiger partial charge in [-0.25, -0.2) is 0 Å². The molecule has 2 rings (SSSR count). The van der Waals surface area contributed by atoms with Gasteiger partial charge in [-0.3, -0.25) is 0 Å². The van der Waals surface area contributed by atoms with Crippen LogP contribution in [0.4, 0.5) is 0 Å². The zero-order valence-electron chi connectivity index (χ0n) is 11.2. The third-order valence-corrected chi connectivity index (χ3v) is 4.06. The molecule has 0 amide bonds. The molecule has 1 heterocycles. The largest absolute Gasteiger partial charge is 0.306 e. The minimum absolute atomic E-state index is 0.727. The molecular weight excluding hydrogens is 182 g/mol. The van der Waals surface area contributed by atoms with E-state index in [9.17, 15) is 0 Å². The second kappa shape index (κ2) is 5.89. The van der Waals surface area contributed by atoms with Gasteiger partial charge < -0.3 is 4.90 Å². The van der Waals surface area contributed by atoms with Crippen molar-refractivity contribution in [2.24, 2.45) is 11.3 Å². The Kier molecular flexibility index (Phi) is 5.11. The Balaban J connectivity index is 0.000000531. The highest BCUT2D eigenvalue weighted by Crippen LogP contribution is 2.43. The molecule has 1 heteroatoms. The molecule has 0 N–H and O–H groups in total. The number of nitrogens with zero attached hydrogens (tertiary/aromatic N) is 1. The van der Waals surface area contributed by atoms with Crippen molar-refractivity contribution >= 4 is 0 Å². The maximum Gasteiger partial charge on any atom is 0.00355 e. The SMILES string of the molecule is CC.CC1CCCCC2(CCN(C)C2)C1. The summed E-state index contributed by atoms with van der Waals surface area (Å²) < 4.78 is 0. The van der Waals surface area contributed by atoms with E-state index >= 15 is 0 Å². The summed E-state index contributed by atoms with van der Waals surface area (Å²) in [6.45, 7) is 9.16. The van der Waals surface area contributed by atoms with E-state index in [1.807, 2.05) is 13.8 Å². The maximum atomic E-state index is 2.53. The Bertz CT molecular complexity index is 178. The molecule has 15 heavy (non-hydrogen) atoms. The van der Waals surface area contributed by atoms with E-state index in [-0.39, 0.29) is 0 Å². The first kappa shape index (κ1) is 13.0. The summed E-state index contributed by atoms with van der Waals surface area (Å²) in [5.74, 6) is 0.981. The van der Waals surface area contributed by atoms with E-state index < -0.39 is 0 Å². The van der Waals surface area contributed by atoms with Crippen LogP contribution in [0.1, 0.15) is 59.3 Å². The van der Waals surface area contributed by atoms with Crippen LogP contribution >= 0.6 is 0 Å². The highest BCUT2D eigenvalue weighted by molar-refractivity contribution is 4.91. The average molecular weight is 211 g/mol. The lowest BCUT2D eigenvalue weighted by Crippen LogP contribution is -2.26. The Labute approximate surface area is 96.2 Å². The molecule has 1 aliphatic heterocycles. The fourth-order valence-corrected chi connectivity index (χ4v) is 3.47. The van der Waals surface area contributed by atoms with Crippen molar-refractivity contribution in [3.05, 3.63) is 0 Å². The topological polar surface area (TPSA) is 3.24 Å². The predicted octanol–water partition coefficient (Wildman–Crippen LogP) is 3.93. The molecule has 0 aromatic rings. The van der Waals surface area contributed by atoms with Crippen LogP contribution in [-0.4, -0.2) is 25.0 Å². The Hall–Kier alpha value is -0.0400. The zero-order valence-corrected chi connectivity index (χ0v) is 11.2. The Morgan fingerprint density at radius 2 is 1.87 bits per heavy atom. The van der Waals surface area contributed by atoms with E-state index in [1.165, 1.54) is 51.6 Å². The lowest BCUT2D eigenvalue weighted by Gasteiger charge is -2.29. The summed E-state index contributed by atoms with van der Waals surface area (Å²) in [7, 11) is 2.28. The third-order valence-electron chi connectivity index (χ3n) is 4.06. The van der Waals surface area contributed by atoms with E-state index in [0.717, 1.165) is 11.3 Å². The molecule has 0 aromatic heterocycles. The lowest BCUT2D eigenvalue weighted by molar-refractivity contribution is 0.220. The van der Waals surface area contributed by atoms with Crippen molar-refractivity contribution in [1.29, 1.82) is 0 Å². The fraction of sp³-hybridized carbons (Fsp3) is 1.00. The minimum Gasteiger partial charge on any atom is -0.306 e. The van der Waals surface area contributed by atoms with E-state index in [1.54, 1.807) is 0 Å². The molecule has 2 unspecified atom stereocenters. The minimum atomic E-state index is 0.727. The fourth-order valence-electron chi connectivity index (χ4n) is 3.47. The highest BCUT2D eigenvalue weighted by Gasteiger charge is 2.38. The number of likely N-dealkylation sites (tertiary alicyclic amines) is 1. The molecule has 0 radical (unpaired) electrons. The molecule has 2 aliphatic rings. The van der Waals surface area contributed by atoms with Crippen LogP contribution in [0, 0.1) is 11.3 Å². The molecule has 0 bridgehead atoms. The summed E-state index contributed by atoms with van der Waals surface area (Å²) in [6, 6.07) is 0. The number of hydrogen-bond donors (Lipinski definition) is 0. The van der Waals surface area contributed by atoms with Gasteiger partial charge in [0.05, 0.1) is 0 Å². The Morgan fingerprint density at radius 1 is 1.13 bits per heavy atom. The predicted molar refractivity (Wildman–Crippen MR) is 68.1 cm³/mol. The number of rotatable bonds is 0. The summed E-state index contributed by atoms with van der Waals surface area (Å²) >= 11 is 0. The Morgan fingerprint density at radius 3 is 2.47 bits per heavy atom. The monoisotopic (exact) mass is 211 g/mol. The third kappa shape index (κ3) is 3.48. The van der Waals surface area contributed by atoms with Crippen LogP contribution in [-0.2, 0) is 0 Å². The van der Waals surface area contributed by atoms with Crippen LogP contribution in [0.3, 0.4) is 0 Å². The van der Waals surface area contributed by atoms with Gasteiger partial charge in [0.1, 0.15) is 0 Å². The van der Waals surface area contributed by atoms with Crippen LogP contribution < -0.4 is 0 Å². The first-order chi connectivity index (χ1) is 7.20. The molecule has 1 nitrogen and oxygen atoms in total. The molecule has 1 saturated carbocycles. The van der Waals surface area contributed by atoms with Crippen molar-refractivity contribution in [2.75, 3.05) is 20.1 Å². The van der Waals surface area contributed by atoms with Gasteiger partial charge in [0, 0.05) is 6.54 Å². The first-order valence-electron chi connectivity index (χ1n) is 6.89. The van der Waals surface area contributed by atoms with Crippen LogP contribution in [0.15, 0.2) is 0 Å². The zero-order chi connectivity index (χ0) is 11.3. The second-order valence-corrected chi connectivity index (χ2v) is 5.54. The first-order valence-corrected chi connectivity index (χ1v) is 6.89. The molecule has 2 atom stereocenters. The molecular formula is C14H29N. The van der Waals surface area contributed by atoms with E-state index in [2.05, 4.69) is 18.9 Å². The van der Waals surface area contributed by atoms with Crippen molar-refractivity contribution in [3.8, 4) is 0 Å². The summed E-state index contributed by atoms with van der Waals surface area (Å²) in [5, 5.41) is 0. The lowest BCUT2D eigenvalue weighted by atomic mass is 9.77. The molecule has 0 aromatic carbocycles.